The van der Waals surface area contributed by atoms with Crippen LogP contribution in [0.2, 0.25) is 0 Å². The van der Waals surface area contributed by atoms with Crippen LogP contribution in [-0.4, -0.2) is 37.7 Å². The molecule has 0 aliphatic rings. The Morgan fingerprint density at radius 2 is 1.86 bits per heavy atom. The molecule has 0 aliphatic heterocycles. The molecule has 0 radical (unpaired) electrons. The zero-order valence-electron chi connectivity index (χ0n) is 8.32. The molecule has 3 nitrogen and oxygen atoms in total. The maximum atomic E-state index is 11.7. The summed E-state index contributed by atoms with van der Waals surface area (Å²) < 4.78 is 35.0. The third-order valence-corrected chi connectivity index (χ3v) is 1.57. The Balaban J connectivity index is 3.35. The summed E-state index contributed by atoms with van der Waals surface area (Å²) in [7, 11) is 3.15. The number of nitrogens with one attached hydrogen (secondary N) is 1. The van der Waals surface area contributed by atoms with E-state index in [2.05, 4.69) is 5.32 Å². The quantitative estimate of drug-likeness (QED) is 0.710. The van der Waals surface area contributed by atoms with Gasteiger partial charge in [0.05, 0.1) is 0 Å². The fourth-order valence-electron chi connectivity index (χ4n) is 0.804. The van der Waals surface area contributed by atoms with Crippen molar-refractivity contribution in [3.8, 4) is 0 Å². The van der Waals surface area contributed by atoms with E-state index in [4.69, 9.17) is 0 Å². The molecule has 0 atom stereocenters. The zero-order valence-corrected chi connectivity index (χ0v) is 8.32. The van der Waals surface area contributed by atoms with Crippen LogP contribution in [0.5, 0.6) is 0 Å². The van der Waals surface area contributed by atoms with E-state index in [1.54, 1.807) is 14.1 Å². The monoisotopic (exact) mass is 212 g/mol. The third kappa shape index (κ3) is 7.70. The van der Waals surface area contributed by atoms with E-state index >= 15 is 0 Å². The highest BCUT2D eigenvalue weighted by Gasteiger charge is 2.25. The summed E-state index contributed by atoms with van der Waals surface area (Å²) in [6.45, 7) is 0.285. The normalized spacial score (nSPS) is 11.2. The highest BCUT2D eigenvalue weighted by atomic mass is 19.4. The lowest BCUT2D eigenvalue weighted by atomic mass is 10.2. The smallest absolute Gasteiger partial charge is 0.338 e. The molecule has 1 N–H and O–H groups in total. The second-order valence-corrected chi connectivity index (χ2v) is 3.20. The first-order valence-electron chi connectivity index (χ1n) is 4.35. The lowest BCUT2D eigenvalue weighted by Gasteiger charge is -2.11. The molecular formula is C8H15F3N2O. The number of alkyl halides is 3. The molecule has 14 heavy (non-hydrogen) atoms. The molecule has 6 heteroatoms. The van der Waals surface area contributed by atoms with Crippen LogP contribution < -0.4 is 5.32 Å². The Labute approximate surface area is 81.3 Å². The SMILES string of the molecule is CN(C)C(=O)NCCCCC(F)(F)F. The van der Waals surface area contributed by atoms with E-state index < -0.39 is 12.6 Å². The van der Waals surface area contributed by atoms with Crippen molar-refractivity contribution < 1.29 is 18.0 Å². The van der Waals surface area contributed by atoms with Gasteiger partial charge in [-0.05, 0) is 12.8 Å². The predicted octanol–water partition coefficient (Wildman–Crippen LogP) is 1.99. The number of unbranched alkanes of at least 4 members (excludes halogenated alkanes) is 1. The molecule has 0 aromatic rings. The summed E-state index contributed by atoms with van der Waals surface area (Å²) in [6, 6.07) is -0.281. The number of carbonyl (C=O) groups is 1. The Bertz CT molecular complexity index is 180. The fraction of sp³-hybridized carbons (Fsp3) is 0.875. The maximum Gasteiger partial charge on any atom is 0.389 e. The Kier molecular flexibility index (Phi) is 5.34. The second-order valence-electron chi connectivity index (χ2n) is 3.20. The van der Waals surface area contributed by atoms with Crippen molar-refractivity contribution in [2.45, 2.75) is 25.4 Å². The molecule has 0 fully saturated rings. The molecule has 0 spiro atoms. The van der Waals surface area contributed by atoms with Crippen LogP contribution in [0.1, 0.15) is 19.3 Å². The van der Waals surface area contributed by atoms with Gasteiger partial charge in [0.1, 0.15) is 0 Å². The summed E-state index contributed by atoms with van der Waals surface area (Å²) >= 11 is 0. The Morgan fingerprint density at radius 1 is 1.29 bits per heavy atom. The average Bonchev–Trinajstić information content (AvgIpc) is 2.01. The molecule has 0 bridgehead atoms. The minimum atomic E-state index is -4.09. The third-order valence-electron chi connectivity index (χ3n) is 1.57. The van der Waals surface area contributed by atoms with Gasteiger partial charge in [-0.1, -0.05) is 0 Å². The first kappa shape index (κ1) is 13.1. The molecule has 0 unspecified atom stereocenters. The number of halogens is 3. The van der Waals surface area contributed by atoms with Gasteiger partial charge >= 0.3 is 12.2 Å². The summed E-state index contributed by atoms with van der Waals surface area (Å²) in [5.41, 5.74) is 0. The Hall–Kier alpha value is -0.940. The van der Waals surface area contributed by atoms with Crippen molar-refractivity contribution in [1.29, 1.82) is 0 Å². The van der Waals surface area contributed by atoms with Gasteiger partial charge < -0.3 is 10.2 Å². The van der Waals surface area contributed by atoms with E-state index in [0.717, 1.165) is 0 Å². The highest BCUT2D eigenvalue weighted by Crippen LogP contribution is 2.21. The molecule has 0 saturated heterocycles. The zero-order chi connectivity index (χ0) is 11.2. The lowest BCUT2D eigenvalue weighted by Crippen LogP contribution is -2.35. The number of urea groups is 1. The van der Waals surface area contributed by atoms with Crippen LogP contribution in [0.3, 0.4) is 0 Å². The number of hydrogen-bond acceptors (Lipinski definition) is 1. The summed E-state index contributed by atoms with van der Waals surface area (Å²) in [5, 5.41) is 2.49. The van der Waals surface area contributed by atoms with Crippen LogP contribution >= 0.6 is 0 Å². The van der Waals surface area contributed by atoms with Crippen molar-refractivity contribution in [1.82, 2.24) is 10.2 Å². The average molecular weight is 212 g/mol. The molecule has 0 rings (SSSR count). The highest BCUT2D eigenvalue weighted by molar-refractivity contribution is 5.73. The van der Waals surface area contributed by atoms with Crippen LogP contribution in [-0.2, 0) is 0 Å². The van der Waals surface area contributed by atoms with Crippen LogP contribution in [0, 0.1) is 0 Å². The number of nitrogens with zero attached hydrogens (tertiary/aromatic N) is 1. The van der Waals surface area contributed by atoms with E-state index in [1.807, 2.05) is 0 Å². The van der Waals surface area contributed by atoms with Crippen molar-refractivity contribution in [3.63, 3.8) is 0 Å². The number of rotatable bonds is 4. The Morgan fingerprint density at radius 3 is 2.29 bits per heavy atom. The van der Waals surface area contributed by atoms with Crippen molar-refractivity contribution in [2.24, 2.45) is 0 Å². The van der Waals surface area contributed by atoms with Crippen molar-refractivity contribution >= 4 is 6.03 Å². The van der Waals surface area contributed by atoms with Crippen LogP contribution in [0.4, 0.5) is 18.0 Å². The first-order valence-corrected chi connectivity index (χ1v) is 4.35. The largest absolute Gasteiger partial charge is 0.389 e. The number of hydrogen-bond donors (Lipinski definition) is 1. The molecule has 0 aromatic carbocycles. The van der Waals surface area contributed by atoms with Crippen molar-refractivity contribution in [2.75, 3.05) is 20.6 Å². The standard InChI is InChI=1S/C8H15F3N2O/c1-13(2)7(14)12-6-4-3-5-8(9,10)11/h3-6H2,1-2H3,(H,12,14). The van der Waals surface area contributed by atoms with E-state index in [9.17, 15) is 18.0 Å². The number of amides is 2. The van der Waals surface area contributed by atoms with Gasteiger partial charge in [-0.2, -0.15) is 13.2 Å². The van der Waals surface area contributed by atoms with Gasteiger partial charge in [0.2, 0.25) is 0 Å². The molecular weight excluding hydrogens is 197 g/mol. The molecule has 0 aliphatic carbocycles. The predicted molar refractivity (Wildman–Crippen MR) is 47.0 cm³/mol. The van der Waals surface area contributed by atoms with Crippen LogP contribution in [0.25, 0.3) is 0 Å². The topological polar surface area (TPSA) is 32.3 Å². The minimum Gasteiger partial charge on any atom is -0.338 e. The lowest BCUT2D eigenvalue weighted by molar-refractivity contribution is -0.135. The second kappa shape index (κ2) is 5.72. The first-order chi connectivity index (χ1) is 6.33. The van der Waals surface area contributed by atoms with Gasteiger partial charge in [-0.25, -0.2) is 4.79 Å². The summed E-state index contributed by atoms with van der Waals surface area (Å²) in [4.78, 5) is 12.2. The molecule has 0 saturated carbocycles. The van der Waals surface area contributed by atoms with E-state index in [0.29, 0.717) is 6.42 Å². The minimum absolute atomic E-state index is 0.0528. The molecule has 84 valence electrons. The van der Waals surface area contributed by atoms with E-state index in [-0.39, 0.29) is 19.0 Å². The van der Waals surface area contributed by atoms with Gasteiger partial charge in [0, 0.05) is 27.1 Å². The van der Waals surface area contributed by atoms with Gasteiger partial charge in [0.15, 0.2) is 0 Å². The fourth-order valence-corrected chi connectivity index (χ4v) is 0.804. The molecule has 2 amide bonds. The maximum absolute atomic E-state index is 11.7. The van der Waals surface area contributed by atoms with Crippen LogP contribution in [0.15, 0.2) is 0 Å². The molecule has 0 heterocycles. The van der Waals surface area contributed by atoms with Gasteiger partial charge in [-0.3, -0.25) is 0 Å². The van der Waals surface area contributed by atoms with Crippen molar-refractivity contribution in [3.05, 3.63) is 0 Å². The van der Waals surface area contributed by atoms with Gasteiger partial charge in [-0.15, -0.1) is 0 Å². The van der Waals surface area contributed by atoms with Gasteiger partial charge in [0.25, 0.3) is 0 Å². The number of carbonyl (C=O) groups excluding carboxylic acids is 1. The summed E-state index contributed by atoms with van der Waals surface area (Å²) in [5.74, 6) is 0. The molecule has 0 aromatic heterocycles. The summed E-state index contributed by atoms with van der Waals surface area (Å²) in [6.07, 6.45) is -4.48. The van der Waals surface area contributed by atoms with E-state index in [1.165, 1.54) is 4.90 Å².